The molecule has 2 fully saturated rings. The summed E-state index contributed by atoms with van der Waals surface area (Å²) in [7, 11) is 0. The number of pyridine rings is 1. The van der Waals surface area contributed by atoms with E-state index in [9.17, 15) is 4.79 Å². The number of hydrogen-bond acceptors (Lipinski definition) is 4. The molecule has 2 aliphatic rings. The molecule has 1 aromatic rings. The van der Waals surface area contributed by atoms with Gasteiger partial charge in [0.05, 0.1) is 17.4 Å². The van der Waals surface area contributed by atoms with Gasteiger partial charge >= 0.3 is 0 Å². The van der Waals surface area contributed by atoms with Crippen LogP contribution in [0.2, 0.25) is 0 Å². The van der Waals surface area contributed by atoms with Gasteiger partial charge in [0, 0.05) is 13.1 Å². The number of anilines is 2. The van der Waals surface area contributed by atoms with E-state index in [4.69, 9.17) is 5.73 Å². The zero-order valence-electron chi connectivity index (χ0n) is 13.3. The summed E-state index contributed by atoms with van der Waals surface area (Å²) in [6.07, 6.45) is 9.25. The predicted octanol–water partition coefficient (Wildman–Crippen LogP) is 3.13. The van der Waals surface area contributed by atoms with Crippen LogP contribution in [0.1, 0.15) is 44.9 Å². The van der Waals surface area contributed by atoms with Crippen LogP contribution in [-0.4, -0.2) is 29.5 Å². The summed E-state index contributed by atoms with van der Waals surface area (Å²) < 4.78 is 0. The van der Waals surface area contributed by atoms with Crippen molar-refractivity contribution in [3.05, 3.63) is 18.3 Å². The first-order chi connectivity index (χ1) is 10.2. The summed E-state index contributed by atoms with van der Waals surface area (Å²) in [5, 5.41) is 2.86. The third kappa shape index (κ3) is 4.72. The van der Waals surface area contributed by atoms with Crippen molar-refractivity contribution in [3.63, 3.8) is 0 Å². The molecular formula is C16H26Cl2N4O. The average Bonchev–Trinajstić information content (AvgIpc) is 2.97. The Hall–Kier alpha value is -1.04. The molecule has 3 rings (SSSR count). The SMILES string of the molecule is Cl.Cl.NC1(C(=O)Nc2ccc(N3CCCCC3)cn2)CCCC1. The summed E-state index contributed by atoms with van der Waals surface area (Å²) in [4.78, 5) is 19.0. The Labute approximate surface area is 150 Å². The smallest absolute Gasteiger partial charge is 0.245 e. The van der Waals surface area contributed by atoms with Crippen molar-refractivity contribution in [3.8, 4) is 0 Å². The molecule has 130 valence electrons. The molecule has 7 heteroatoms. The molecule has 0 bridgehead atoms. The number of nitrogens with two attached hydrogens (primary N) is 1. The molecule has 1 aliphatic carbocycles. The van der Waals surface area contributed by atoms with Crippen LogP contribution in [0.25, 0.3) is 0 Å². The number of aromatic nitrogens is 1. The second kappa shape index (κ2) is 8.71. The van der Waals surface area contributed by atoms with Crippen LogP contribution in [0.15, 0.2) is 18.3 Å². The second-order valence-corrected chi connectivity index (χ2v) is 6.27. The normalized spacial score (nSPS) is 19.4. The molecule has 1 aliphatic heterocycles. The molecule has 1 amide bonds. The molecular weight excluding hydrogens is 335 g/mol. The fourth-order valence-electron chi connectivity index (χ4n) is 3.27. The lowest BCUT2D eigenvalue weighted by atomic mass is 9.98. The van der Waals surface area contributed by atoms with Crippen LogP contribution in [0.3, 0.4) is 0 Å². The largest absolute Gasteiger partial charge is 0.370 e. The monoisotopic (exact) mass is 360 g/mol. The van der Waals surface area contributed by atoms with Crippen molar-refractivity contribution in [2.45, 2.75) is 50.5 Å². The maximum atomic E-state index is 12.2. The number of carbonyl (C=O) groups is 1. The number of rotatable bonds is 3. The summed E-state index contributed by atoms with van der Waals surface area (Å²) in [5.74, 6) is 0.496. The minimum absolute atomic E-state index is 0. The number of hydrogen-bond donors (Lipinski definition) is 2. The van der Waals surface area contributed by atoms with Crippen LogP contribution in [-0.2, 0) is 4.79 Å². The van der Waals surface area contributed by atoms with Crippen LogP contribution >= 0.6 is 24.8 Å². The van der Waals surface area contributed by atoms with Crippen molar-refractivity contribution in [1.82, 2.24) is 4.98 Å². The molecule has 23 heavy (non-hydrogen) atoms. The zero-order valence-corrected chi connectivity index (χ0v) is 14.9. The topological polar surface area (TPSA) is 71.2 Å². The highest BCUT2D eigenvalue weighted by Crippen LogP contribution is 2.28. The van der Waals surface area contributed by atoms with Gasteiger partial charge in [-0.15, -0.1) is 24.8 Å². The van der Waals surface area contributed by atoms with Gasteiger partial charge in [-0.25, -0.2) is 4.98 Å². The second-order valence-electron chi connectivity index (χ2n) is 6.27. The summed E-state index contributed by atoms with van der Waals surface area (Å²) in [6.45, 7) is 2.19. The minimum Gasteiger partial charge on any atom is -0.370 e. The van der Waals surface area contributed by atoms with Gasteiger partial charge in [0.1, 0.15) is 5.82 Å². The van der Waals surface area contributed by atoms with E-state index < -0.39 is 5.54 Å². The lowest BCUT2D eigenvalue weighted by Gasteiger charge is -2.28. The Kier molecular flexibility index (Phi) is 7.58. The van der Waals surface area contributed by atoms with E-state index in [2.05, 4.69) is 15.2 Å². The van der Waals surface area contributed by atoms with Crippen molar-refractivity contribution < 1.29 is 4.79 Å². The Morgan fingerprint density at radius 3 is 2.30 bits per heavy atom. The number of nitrogens with zero attached hydrogens (tertiary/aromatic N) is 2. The molecule has 0 atom stereocenters. The Morgan fingerprint density at radius 1 is 1.09 bits per heavy atom. The number of amides is 1. The first-order valence-electron chi connectivity index (χ1n) is 7.99. The van der Waals surface area contributed by atoms with E-state index in [0.717, 1.165) is 44.5 Å². The third-order valence-electron chi connectivity index (χ3n) is 4.66. The molecule has 2 heterocycles. The molecule has 1 aromatic heterocycles. The molecule has 0 unspecified atom stereocenters. The van der Waals surface area contributed by atoms with Crippen molar-refractivity contribution in [1.29, 1.82) is 0 Å². The highest BCUT2D eigenvalue weighted by atomic mass is 35.5. The van der Waals surface area contributed by atoms with Gasteiger partial charge in [0.15, 0.2) is 0 Å². The van der Waals surface area contributed by atoms with Crippen molar-refractivity contribution in [2.75, 3.05) is 23.3 Å². The standard InChI is InChI=1S/C16H24N4O.2ClH/c17-16(8-2-3-9-16)15(21)19-14-7-6-13(12-18-14)20-10-4-1-5-11-20;;/h6-7,12H,1-5,8-11,17H2,(H,18,19,21);2*1H. The fraction of sp³-hybridized carbons (Fsp3) is 0.625. The summed E-state index contributed by atoms with van der Waals surface area (Å²) in [6, 6.07) is 3.91. The third-order valence-corrected chi connectivity index (χ3v) is 4.66. The van der Waals surface area contributed by atoms with Crippen molar-refractivity contribution >= 4 is 42.2 Å². The Morgan fingerprint density at radius 2 is 1.74 bits per heavy atom. The van der Waals surface area contributed by atoms with Crippen LogP contribution < -0.4 is 16.0 Å². The van der Waals surface area contributed by atoms with Gasteiger partial charge in [-0.1, -0.05) is 12.8 Å². The summed E-state index contributed by atoms with van der Waals surface area (Å²) >= 11 is 0. The minimum atomic E-state index is -0.701. The van der Waals surface area contributed by atoms with E-state index in [-0.39, 0.29) is 30.7 Å². The fourth-order valence-corrected chi connectivity index (χ4v) is 3.27. The highest BCUT2D eigenvalue weighted by Gasteiger charge is 2.37. The zero-order chi connectivity index (χ0) is 14.7. The van der Waals surface area contributed by atoms with Gasteiger partial charge in [-0.2, -0.15) is 0 Å². The molecule has 5 nitrogen and oxygen atoms in total. The maximum absolute atomic E-state index is 12.2. The lowest BCUT2D eigenvalue weighted by molar-refractivity contribution is -0.121. The van der Waals surface area contributed by atoms with E-state index in [1.54, 1.807) is 0 Å². The van der Waals surface area contributed by atoms with Crippen LogP contribution in [0.5, 0.6) is 0 Å². The lowest BCUT2D eigenvalue weighted by Crippen LogP contribution is -2.48. The van der Waals surface area contributed by atoms with E-state index in [1.165, 1.54) is 19.3 Å². The molecule has 3 N–H and O–H groups in total. The van der Waals surface area contributed by atoms with E-state index in [1.807, 2.05) is 18.3 Å². The Bertz CT molecular complexity index is 497. The van der Waals surface area contributed by atoms with Gasteiger partial charge in [-0.3, -0.25) is 4.79 Å². The first-order valence-corrected chi connectivity index (χ1v) is 7.99. The van der Waals surface area contributed by atoms with Gasteiger partial charge in [0.25, 0.3) is 0 Å². The molecule has 1 saturated heterocycles. The number of nitrogens with one attached hydrogen (secondary N) is 1. The molecule has 0 radical (unpaired) electrons. The average molecular weight is 361 g/mol. The van der Waals surface area contributed by atoms with Crippen LogP contribution in [0, 0.1) is 0 Å². The number of halogens is 2. The van der Waals surface area contributed by atoms with Crippen LogP contribution in [0.4, 0.5) is 11.5 Å². The Balaban J connectivity index is 0.00000132. The molecule has 1 saturated carbocycles. The van der Waals surface area contributed by atoms with E-state index >= 15 is 0 Å². The first kappa shape index (κ1) is 20.0. The van der Waals surface area contributed by atoms with Gasteiger partial charge < -0.3 is 16.0 Å². The summed E-state index contributed by atoms with van der Waals surface area (Å²) in [5.41, 5.74) is 6.58. The highest BCUT2D eigenvalue weighted by molar-refractivity contribution is 5.97. The van der Waals surface area contributed by atoms with E-state index in [0.29, 0.717) is 5.82 Å². The number of piperidine rings is 1. The molecule has 0 spiro atoms. The van der Waals surface area contributed by atoms with Gasteiger partial charge in [-0.05, 0) is 44.2 Å². The number of carbonyl (C=O) groups excluding carboxylic acids is 1. The predicted molar refractivity (Wildman–Crippen MR) is 98.8 cm³/mol. The quantitative estimate of drug-likeness (QED) is 0.868. The molecule has 0 aromatic carbocycles. The maximum Gasteiger partial charge on any atom is 0.245 e. The van der Waals surface area contributed by atoms with Crippen molar-refractivity contribution in [2.24, 2.45) is 5.73 Å². The van der Waals surface area contributed by atoms with Gasteiger partial charge in [0.2, 0.25) is 5.91 Å².